The van der Waals surface area contributed by atoms with Gasteiger partial charge in [0.2, 0.25) is 0 Å². The van der Waals surface area contributed by atoms with Crippen LogP contribution in [0.4, 0.5) is 4.39 Å². The van der Waals surface area contributed by atoms with Gasteiger partial charge in [-0.15, -0.1) is 0 Å². The normalized spacial score (nSPS) is 10.5. The van der Waals surface area contributed by atoms with Gasteiger partial charge in [-0.3, -0.25) is 4.79 Å². The lowest BCUT2D eigenvalue weighted by Crippen LogP contribution is -2.28. The SMILES string of the molecule is COc1cccc(CNC(=O)COC(=O)/C=C/c2ccc(F)cc2)c1. The van der Waals surface area contributed by atoms with Gasteiger partial charge in [-0.1, -0.05) is 24.3 Å². The van der Waals surface area contributed by atoms with Gasteiger partial charge in [0.15, 0.2) is 6.61 Å². The summed E-state index contributed by atoms with van der Waals surface area (Å²) in [7, 11) is 1.57. The quantitative estimate of drug-likeness (QED) is 0.620. The van der Waals surface area contributed by atoms with E-state index in [1.54, 1.807) is 19.2 Å². The minimum absolute atomic E-state index is 0.305. The second kappa shape index (κ2) is 9.22. The molecule has 0 fully saturated rings. The fraction of sp³-hybridized carbons (Fsp3) is 0.158. The monoisotopic (exact) mass is 343 g/mol. The van der Waals surface area contributed by atoms with Gasteiger partial charge in [0.1, 0.15) is 11.6 Å². The van der Waals surface area contributed by atoms with Crippen LogP contribution >= 0.6 is 0 Å². The number of amides is 1. The Bertz CT molecular complexity index is 756. The molecule has 0 spiro atoms. The summed E-state index contributed by atoms with van der Waals surface area (Å²) in [4.78, 5) is 23.3. The van der Waals surface area contributed by atoms with Crippen molar-refractivity contribution in [3.8, 4) is 5.75 Å². The standard InChI is InChI=1S/C19H18FNO4/c1-24-17-4-2-3-15(11-17)12-21-18(22)13-25-19(23)10-7-14-5-8-16(20)9-6-14/h2-11H,12-13H2,1H3,(H,21,22)/b10-7+. The Morgan fingerprint density at radius 1 is 1.16 bits per heavy atom. The molecule has 0 aliphatic carbocycles. The van der Waals surface area contributed by atoms with Crippen LogP contribution in [0.2, 0.25) is 0 Å². The van der Waals surface area contributed by atoms with E-state index in [-0.39, 0.29) is 12.4 Å². The van der Waals surface area contributed by atoms with Gasteiger partial charge >= 0.3 is 5.97 Å². The molecule has 5 nitrogen and oxygen atoms in total. The smallest absolute Gasteiger partial charge is 0.331 e. The van der Waals surface area contributed by atoms with Crippen molar-refractivity contribution >= 4 is 18.0 Å². The molecule has 6 heteroatoms. The zero-order valence-electron chi connectivity index (χ0n) is 13.7. The second-order valence-electron chi connectivity index (χ2n) is 5.12. The highest BCUT2D eigenvalue weighted by Gasteiger charge is 2.05. The predicted molar refractivity (Wildman–Crippen MR) is 91.2 cm³/mol. The number of methoxy groups -OCH3 is 1. The van der Waals surface area contributed by atoms with Gasteiger partial charge in [0.05, 0.1) is 7.11 Å². The van der Waals surface area contributed by atoms with Gasteiger partial charge in [-0.25, -0.2) is 9.18 Å². The molecule has 1 amide bonds. The summed E-state index contributed by atoms with van der Waals surface area (Å²) in [5.74, 6) is -0.719. The number of hydrogen-bond acceptors (Lipinski definition) is 4. The third kappa shape index (κ3) is 6.47. The van der Waals surface area contributed by atoms with E-state index in [4.69, 9.17) is 9.47 Å². The first-order valence-electron chi connectivity index (χ1n) is 7.57. The van der Waals surface area contributed by atoms with E-state index in [1.165, 1.54) is 36.4 Å². The van der Waals surface area contributed by atoms with Gasteiger partial charge in [0, 0.05) is 12.6 Å². The molecular formula is C19H18FNO4. The van der Waals surface area contributed by atoms with Crippen molar-refractivity contribution in [1.82, 2.24) is 5.32 Å². The fourth-order valence-corrected chi connectivity index (χ4v) is 1.96. The first-order chi connectivity index (χ1) is 12.1. The van der Waals surface area contributed by atoms with Crippen molar-refractivity contribution in [3.63, 3.8) is 0 Å². The van der Waals surface area contributed by atoms with E-state index in [1.807, 2.05) is 12.1 Å². The topological polar surface area (TPSA) is 64.6 Å². The molecule has 1 N–H and O–H groups in total. The number of rotatable bonds is 7. The number of nitrogens with one attached hydrogen (secondary N) is 1. The van der Waals surface area contributed by atoms with E-state index in [2.05, 4.69) is 5.32 Å². The number of benzene rings is 2. The predicted octanol–water partition coefficient (Wildman–Crippen LogP) is 2.71. The van der Waals surface area contributed by atoms with Crippen LogP contribution < -0.4 is 10.1 Å². The maximum absolute atomic E-state index is 12.8. The van der Waals surface area contributed by atoms with Crippen LogP contribution in [-0.4, -0.2) is 25.6 Å². The zero-order chi connectivity index (χ0) is 18.1. The number of carbonyl (C=O) groups excluding carboxylic acids is 2. The number of ether oxygens (including phenoxy) is 2. The van der Waals surface area contributed by atoms with Crippen LogP contribution in [0, 0.1) is 5.82 Å². The Morgan fingerprint density at radius 2 is 1.92 bits per heavy atom. The molecule has 130 valence electrons. The Morgan fingerprint density at radius 3 is 2.64 bits per heavy atom. The minimum Gasteiger partial charge on any atom is -0.497 e. The lowest BCUT2D eigenvalue weighted by Gasteiger charge is -2.07. The van der Waals surface area contributed by atoms with E-state index >= 15 is 0 Å². The maximum atomic E-state index is 12.8. The second-order valence-corrected chi connectivity index (χ2v) is 5.12. The first-order valence-corrected chi connectivity index (χ1v) is 7.57. The average Bonchev–Trinajstić information content (AvgIpc) is 2.64. The highest BCUT2D eigenvalue weighted by atomic mass is 19.1. The molecule has 0 atom stereocenters. The zero-order valence-corrected chi connectivity index (χ0v) is 13.7. The average molecular weight is 343 g/mol. The molecule has 0 aromatic heterocycles. The van der Waals surface area contributed by atoms with Gasteiger partial charge in [0.25, 0.3) is 5.91 Å². The van der Waals surface area contributed by atoms with Crippen LogP contribution in [-0.2, 0) is 20.9 Å². The summed E-state index contributed by atoms with van der Waals surface area (Å²) in [5, 5.41) is 2.65. The summed E-state index contributed by atoms with van der Waals surface area (Å²) in [5.41, 5.74) is 1.52. The molecule has 0 aliphatic heterocycles. The van der Waals surface area contributed by atoms with E-state index in [0.29, 0.717) is 17.9 Å². The molecule has 0 radical (unpaired) electrons. The van der Waals surface area contributed by atoms with Gasteiger partial charge in [-0.05, 0) is 41.5 Å². The summed E-state index contributed by atoms with van der Waals surface area (Å²) >= 11 is 0. The Kier molecular flexibility index (Phi) is 6.71. The van der Waals surface area contributed by atoms with E-state index in [9.17, 15) is 14.0 Å². The molecule has 2 aromatic carbocycles. The molecule has 2 rings (SSSR count). The van der Waals surface area contributed by atoms with Crippen molar-refractivity contribution in [1.29, 1.82) is 0 Å². The third-order valence-corrected chi connectivity index (χ3v) is 3.25. The number of halogens is 1. The third-order valence-electron chi connectivity index (χ3n) is 3.25. The molecule has 0 heterocycles. The molecular weight excluding hydrogens is 325 g/mol. The number of carbonyl (C=O) groups is 2. The summed E-state index contributed by atoms with van der Waals surface area (Å²) in [6, 6.07) is 12.9. The summed E-state index contributed by atoms with van der Waals surface area (Å²) < 4.78 is 22.7. The molecule has 25 heavy (non-hydrogen) atoms. The van der Waals surface area contributed by atoms with Crippen molar-refractivity contribution in [3.05, 3.63) is 71.6 Å². The molecule has 0 saturated carbocycles. The fourth-order valence-electron chi connectivity index (χ4n) is 1.96. The van der Waals surface area contributed by atoms with Crippen LogP contribution in [0.15, 0.2) is 54.6 Å². The highest BCUT2D eigenvalue weighted by molar-refractivity contribution is 5.89. The molecule has 0 saturated heterocycles. The first kappa shape index (κ1) is 18.2. The lowest BCUT2D eigenvalue weighted by molar-refractivity contribution is -0.143. The van der Waals surface area contributed by atoms with Crippen LogP contribution in [0.1, 0.15) is 11.1 Å². The Balaban J connectivity index is 1.73. The Hall–Kier alpha value is -3.15. The van der Waals surface area contributed by atoms with E-state index in [0.717, 1.165) is 5.56 Å². The summed E-state index contributed by atoms with van der Waals surface area (Å²) in [6.45, 7) is -0.0738. The van der Waals surface area contributed by atoms with Crippen molar-refractivity contribution in [2.24, 2.45) is 0 Å². The molecule has 0 bridgehead atoms. The Labute approximate surface area is 145 Å². The van der Waals surface area contributed by atoms with E-state index < -0.39 is 11.9 Å². The molecule has 0 unspecified atom stereocenters. The number of hydrogen-bond donors (Lipinski definition) is 1. The van der Waals surface area contributed by atoms with Crippen LogP contribution in [0.3, 0.4) is 0 Å². The van der Waals surface area contributed by atoms with Crippen LogP contribution in [0.25, 0.3) is 6.08 Å². The van der Waals surface area contributed by atoms with Crippen molar-refractivity contribution < 1.29 is 23.5 Å². The van der Waals surface area contributed by atoms with Gasteiger partial charge < -0.3 is 14.8 Å². The lowest BCUT2D eigenvalue weighted by atomic mass is 10.2. The minimum atomic E-state index is -0.652. The maximum Gasteiger partial charge on any atom is 0.331 e. The summed E-state index contributed by atoms with van der Waals surface area (Å²) in [6.07, 6.45) is 2.67. The van der Waals surface area contributed by atoms with Gasteiger partial charge in [-0.2, -0.15) is 0 Å². The van der Waals surface area contributed by atoms with Crippen molar-refractivity contribution in [2.45, 2.75) is 6.54 Å². The molecule has 2 aromatic rings. The number of esters is 1. The van der Waals surface area contributed by atoms with Crippen molar-refractivity contribution in [2.75, 3.05) is 13.7 Å². The largest absolute Gasteiger partial charge is 0.497 e. The van der Waals surface area contributed by atoms with Crippen LogP contribution in [0.5, 0.6) is 5.75 Å². The highest BCUT2D eigenvalue weighted by Crippen LogP contribution is 2.12. The molecule has 0 aliphatic rings.